The summed E-state index contributed by atoms with van der Waals surface area (Å²) in [5.74, 6) is -0.0655. The number of piperidine rings is 1. The van der Waals surface area contributed by atoms with Crippen molar-refractivity contribution >= 4 is 11.6 Å². The number of benzene rings is 1. The Bertz CT molecular complexity index is 578. The molecule has 1 aromatic rings. The zero-order valence-corrected chi connectivity index (χ0v) is 12.7. The summed E-state index contributed by atoms with van der Waals surface area (Å²) < 4.78 is 0. The lowest BCUT2D eigenvalue weighted by Crippen LogP contribution is -2.47. The molecule has 1 unspecified atom stereocenters. The first kappa shape index (κ1) is 15.3. The zero-order valence-electron chi connectivity index (χ0n) is 12.7. The summed E-state index contributed by atoms with van der Waals surface area (Å²) >= 11 is 0. The van der Waals surface area contributed by atoms with E-state index in [1.807, 2.05) is 4.90 Å². The van der Waals surface area contributed by atoms with Crippen LogP contribution in [0.5, 0.6) is 5.75 Å². The Hall–Kier alpha value is -2.10. The number of rotatable bonds is 3. The van der Waals surface area contributed by atoms with Crippen LogP contribution in [0.2, 0.25) is 0 Å². The Labute approximate surface area is 125 Å². The highest BCUT2D eigenvalue weighted by atomic mass is 16.3. The third-order valence-electron chi connectivity index (χ3n) is 4.04. The second kappa shape index (κ2) is 6.57. The maximum atomic E-state index is 12.8. The van der Waals surface area contributed by atoms with E-state index in [4.69, 9.17) is 0 Å². The number of aliphatic imine (C=N–C) groups is 1. The van der Waals surface area contributed by atoms with Gasteiger partial charge in [0.15, 0.2) is 0 Å². The normalized spacial score (nSPS) is 19.4. The van der Waals surface area contributed by atoms with Gasteiger partial charge in [0, 0.05) is 13.6 Å². The minimum atomic E-state index is -0.135. The van der Waals surface area contributed by atoms with E-state index in [0.717, 1.165) is 25.0 Å². The van der Waals surface area contributed by atoms with Crippen LogP contribution in [0.25, 0.3) is 0 Å². The van der Waals surface area contributed by atoms with Crippen LogP contribution in [-0.2, 0) is 0 Å². The van der Waals surface area contributed by atoms with Crippen LogP contribution in [0.15, 0.2) is 35.8 Å². The predicted octanol–water partition coefficient (Wildman–Crippen LogP) is 2.95. The number of carbonyl (C=O) groups excluding carboxylic acids is 1. The van der Waals surface area contributed by atoms with E-state index in [0.29, 0.717) is 17.7 Å². The van der Waals surface area contributed by atoms with E-state index < -0.39 is 0 Å². The molecule has 0 aliphatic carbocycles. The Kier molecular flexibility index (Phi) is 4.78. The molecule has 1 fully saturated rings. The van der Waals surface area contributed by atoms with Crippen LogP contribution in [-0.4, -0.2) is 41.3 Å². The first-order chi connectivity index (χ1) is 10.1. The van der Waals surface area contributed by atoms with E-state index in [1.165, 1.54) is 0 Å². The number of hydrogen-bond acceptors (Lipinski definition) is 3. The Morgan fingerprint density at radius 3 is 2.90 bits per heavy atom. The number of likely N-dealkylation sites (tertiary alicyclic amines) is 1. The monoisotopic (exact) mass is 286 g/mol. The van der Waals surface area contributed by atoms with Gasteiger partial charge in [0.2, 0.25) is 0 Å². The minimum absolute atomic E-state index is 0.0475. The van der Waals surface area contributed by atoms with Gasteiger partial charge in [-0.3, -0.25) is 9.79 Å². The standard InChI is InChI=1S/C17H22N2O2/c1-4-14(18-3)15-10-5-6-11-19(15)17(21)13-9-7-8-12(2)16(13)20/h4,7-9,15,20H,1,5-6,10-11H2,2-3H3. The topological polar surface area (TPSA) is 52.9 Å². The molecule has 0 radical (unpaired) electrons. The average Bonchev–Trinajstić information content (AvgIpc) is 2.51. The maximum Gasteiger partial charge on any atom is 0.258 e. The second-order valence-electron chi connectivity index (χ2n) is 5.33. The smallest absolute Gasteiger partial charge is 0.258 e. The molecule has 1 aliphatic heterocycles. The molecule has 1 heterocycles. The largest absolute Gasteiger partial charge is 0.507 e. The molecule has 1 aliphatic rings. The highest BCUT2D eigenvalue weighted by Gasteiger charge is 2.31. The van der Waals surface area contributed by atoms with Crippen molar-refractivity contribution in [3.8, 4) is 5.75 Å². The SMILES string of the molecule is C=CC(=NC)C1CCCCN1C(=O)c1cccc(C)c1O. The van der Waals surface area contributed by atoms with Crippen molar-refractivity contribution in [1.82, 2.24) is 4.90 Å². The number of hydrogen-bond donors (Lipinski definition) is 1. The van der Waals surface area contributed by atoms with Crippen LogP contribution in [0.3, 0.4) is 0 Å². The molecule has 0 bridgehead atoms. The molecule has 1 atom stereocenters. The summed E-state index contributed by atoms with van der Waals surface area (Å²) in [5, 5.41) is 10.1. The molecule has 4 heteroatoms. The lowest BCUT2D eigenvalue weighted by atomic mass is 9.96. The van der Waals surface area contributed by atoms with Gasteiger partial charge in [0.05, 0.1) is 17.3 Å². The number of phenolic OH excluding ortho intramolecular Hbond substituents is 1. The van der Waals surface area contributed by atoms with Gasteiger partial charge in [0.25, 0.3) is 5.91 Å². The van der Waals surface area contributed by atoms with E-state index in [9.17, 15) is 9.90 Å². The molecule has 0 spiro atoms. The first-order valence-corrected chi connectivity index (χ1v) is 7.28. The van der Waals surface area contributed by atoms with E-state index >= 15 is 0 Å². The van der Waals surface area contributed by atoms with Gasteiger partial charge < -0.3 is 10.0 Å². The number of nitrogens with zero attached hydrogens (tertiary/aromatic N) is 2. The molecule has 2 rings (SSSR count). The summed E-state index contributed by atoms with van der Waals surface area (Å²) in [6.07, 6.45) is 4.65. The van der Waals surface area contributed by atoms with Gasteiger partial charge in [-0.25, -0.2) is 0 Å². The van der Waals surface area contributed by atoms with Crippen molar-refractivity contribution in [1.29, 1.82) is 0 Å². The van der Waals surface area contributed by atoms with Crippen molar-refractivity contribution in [2.75, 3.05) is 13.6 Å². The first-order valence-electron chi connectivity index (χ1n) is 7.28. The molecular formula is C17H22N2O2. The number of aromatic hydroxyl groups is 1. The highest BCUT2D eigenvalue weighted by molar-refractivity contribution is 6.04. The molecule has 4 nitrogen and oxygen atoms in total. The van der Waals surface area contributed by atoms with Crippen molar-refractivity contribution in [2.45, 2.75) is 32.2 Å². The van der Waals surface area contributed by atoms with Crippen molar-refractivity contribution in [3.63, 3.8) is 0 Å². The number of para-hydroxylation sites is 1. The molecule has 1 aromatic carbocycles. The number of amides is 1. The minimum Gasteiger partial charge on any atom is -0.507 e. The molecule has 21 heavy (non-hydrogen) atoms. The van der Waals surface area contributed by atoms with Crippen LogP contribution >= 0.6 is 0 Å². The van der Waals surface area contributed by atoms with Crippen LogP contribution in [0, 0.1) is 6.92 Å². The maximum absolute atomic E-state index is 12.8. The lowest BCUT2D eigenvalue weighted by molar-refractivity contribution is 0.0678. The van der Waals surface area contributed by atoms with Gasteiger partial charge in [-0.05, 0) is 43.9 Å². The van der Waals surface area contributed by atoms with Crippen LogP contribution in [0.4, 0.5) is 0 Å². The number of aryl methyl sites for hydroxylation is 1. The van der Waals surface area contributed by atoms with Gasteiger partial charge in [-0.15, -0.1) is 0 Å². The molecule has 1 saturated heterocycles. The van der Waals surface area contributed by atoms with Crippen molar-refractivity contribution in [2.24, 2.45) is 4.99 Å². The van der Waals surface area contributed by atoms with E-state index in [1.54, 1.807) is 38.2 Å². The Morgan fingerprint density at radius 1 is 1.48 bits per heavy atom. The van der Waals surface area contributed by atoms with Gasteiger partial charge in [-0.2, -0.15) is 0 Å². The highest BCUT2D eigenvalue weighted by Crippen LogP contribution is 2.27. The molecule has 1 amide bonds. The third-order valence-corrected chi connectivity index (χ3v) is 4.04. The molecule has 0 aromatic heterocycles. The van der Waals surface area contributed by atoms with Crippen molar-refractivity contribution < 1.29 is 9.90 Å². The molecule has 112 valence electrons. The Morgan fingerprint density at radius 2 is 2.24 bits per heavy atom. The van der Waals surface area contributed by atoms with E-state index in [2.05, 4.69) is 11.6 Å². The summed E-state index contributed by atoms with van der Waals surface area (Å²) in [7, 11) is 1.72. The van der Waals surface area contributed by atoms with Crippen molar-refractivity contribution in [3.05, 3.63) is 42.0 Å². The zero-order chi connectivity index (χ0) is 15.4. The average molecular weight is 286 g/mol. The fourth-order valence-electron chi connectivity index (χ4n) is 2.84. The number of carbonyl (C=O) groups is 1. The third kappa shape index (κ3) is 2.99. The lowest BCUT2D eigenvalue weighted by Gasteiger charge is -2.36. The second-order valence-corrected chi connectivity index (χ2v) is 5.33. The fraction of sp³-hybridized carbons (Fsp3) is 0.412. The molecule has 0 saturated carbocycles. The molecule has 1 N–H and O–H groups in total. The molecular weight excluding hydrogens is 264 g/mol. The predicted molar refractivity (Wildman–Crippen MR) is 85.1 cm³/mol. The summed E-state index contributed by atoms with van der Waals surface area (Å²) in [6.45, 7) is 6.27. The summed E-state index contributed by atoms with van der Waals surface area (Å²) in [5.41, 5.74) is 1.90. The summed E-state index contributed by atoms with van der Waals surface area (Å²) in [6, 6.07) is 5.22. The van der Waals surface area contributed by atoms with Gasteiger partial charge in [-0.1, -0.05) is 18.7 Å². The summed E-state index contributed by atoms with van der Waals surface area (Å²) in [4.78, 5) is 18.8. The van der Waals surface area contributed by atoms with Crippen LogP contribution in [0.1, 0.15) is 35.2 Å². The van der Waals surface area contributed by atoms with Gasteiger partial charge in [0.1, 0.15) is 5.75 Å². The fourth-order valence-corrected chi connectivity index (χ4v) is 2.84. The Balaban J connectivity index is 2.35. The van der Waals surface area contributed by atoms with Gasteiger partial charge >= 0.3 is 0 Å². The number of phenols is 1. The van der Waals surface area contributed by atoms with E-state index in [-0.39, 0.29) is 17.7 Å². The quantitative estimate of drug-likeness (QED) is 0.869. The van der Waals surface area contributed by atoms with Crippen LogP contribution < -0.4 is 0 Å².